The average molecular weight is 365 g/mol. The smallest absolute Gasteiger partial charge is 0.347 e. The Kier molecular flexibility index (Phi) is 6.82. The molecule has 0 unspecified atom stereocenters. The number of para-hydroxylation sites is 1. The fourth-order valence-corrected chi connectivity index (χ4v) is 4.44. The average Bonchev–Trinajstić information content (AvgIpc) is 2.60. The van der Waals surface area contributed by atoms with Gasteiger partial charge in [-0.1, -0.05) is 45.9 Å². The van der Waals surface area contributed by atoms with Gasteiger partial charge >= 0.3 is 5.97 Å². The molecular weight excluding hydrogens is 336 g/mol. The molecule has 0 radical (unpaired) electrons. The number of carbonyl (C=O) groups excluding carboxylic acids is 1. The first-order chi connectivity index (χ1) is 11.8. The lowest BCUT2D eigenvalue weighted by molar-refractivity contribution is -0.150. The molecular formula is C20H28O4S. The Morgan fingerprint density at radius 2 is 1.96 bits per heavy atom. The van der Waals surface area contributed by atoms with E-state index in [9.17, 15) is 9.00 Å². The minimum Gasteiger partial charge on any atom is -0.495 e. The molecule has 1 aromatic rings. The van der Waals surface area contributed by atoms with Gasteiger partial charge in [0.2, 0.25) is 0 Å². The normalized spacial score (nSPS) is 24.6. The van der Waals surface area contributed by atoms with E-state index in [0.29, 0.717) is 28.4 Å². The zero-order chi connectivity index (χ0) is 18.6. The van der Waals surface area contributed by atoms with E-state index in [4.69, 9.17) is 9.47 Å². The molecule has 4 atom stereocenters. The summed E-state index contributed by atoms with van der Waals surface area (Å²) in [6.45, 7) is 10.2. The Hall–Kier alpha value is -1.62. The van der Waals surface area contributed by atoms with Crippen LogP contribution in [0.2, 0.25) is 0 Å². The van der Waals surface area contributed by atoms with Gasteiger partial charge in [0.25, 0.3) is 0 Å². The Morgan fingerprint density at radius 3 is 2.60 bits per heavy atom. The van der Waals surface area contributed by atoms with Crippen LogP contribution in [0.25, 0.3) is 0 Å². The van der Waals surface area contributed by atoms with Crippen LogP contribution in [0.5, 0.6) is 5.75 Å². The number of hydrogen-bond acceptors (Lipinski definition) is 4. The van der Waals surface area contributed by atoms with Crippen LogP contribution in [0.1, 0.15) is 40.0 Å². The first kappa shape index (κ1) is 19.7. The highest BCUT2D eigenvalue weighted by Crippen LogP contribution is 2.36. The second-order valence-corrected chi connectivity index (χ2v) is 8.58. The van der Waals surface area contributed by atoms with E-state index in [2.05, 4.69) is 27.4 Å². The van der Waals surface area contributed by atoms with Gasteiger partial charge in [0.1, 0.15) is 16.8 Å². The molecule has 0 bridgehead atoms. The number of rotatable bonds is 6. The molecule has 5 heteroatoms. The number of methoxy groups -OCH3 is 1. The maximum absolute atomic E-state index is 12.7. The maximum atomic E-state index is 12.7. The van der Waals surface area contributed by atoms with Crippen molar-refractivity contribution in [2.45, 2.75) is 51.0 Å². The first-order valence-electron chi connectivity index (χ1n) is 8.79. The third kappa shape index (κ3) is 4.72. The molecule has 0 N–H and O–H groups in total. The Balaban J connectivity index is 2.11. The highest BCUT2D eigenvalue weighted by molar-refractivity contribution is 7.90. The minimum absolute atomic E-state index is 0.0368. The highest BCUT2D eigenvalue weighted by Gasteiger charge is 2.34. The molecule has 2 rings (SSSR count). The van der Waals surface area contributed by atoms with Crippen molar-refractivity contribution in [2.24, 2.45) is 17.8 Å². The van der Waals surface area contributed by atoms with E-state index in [1.807, 2.05) is 0 Å². The summed E-state index contributed by atoms with van der Waals surface area (Å²) in [6.07, 6.45) is 2.93. The molecule has 1 aliphatic carbocycles. The number of ether oxygens (including phenoxy) is 2. The molecule has 1 aromatic carbocycles. The molecule has 1 saturated carbocycles. The lowest BCUT2D eigenvalue weighted by Crippen LogP contribution is -2.36. The number of carbonyl (C=O) groups is 1. The van der Waals surface area contributed by atoms with Crippen molar-refractivity contribution in [3.63, 3.8) is 0 Å². The van der Waals surface area contributed by atoms with Crippen LogP contribution in [0.3, 0.4) is 0 Å². The zero-order valence-corrected chi connectivity index (χ0v) is 16.3. The Bertz CT molecular complexity index is 653. The molecule has 0 heterocycles. The van der Waals surface area contributed by atoms with Crippen molar-refractivity contribution >= 4 is 16.8 Å². The van der Waals surface area contributed by atoms with Crippen LogP contribution >= 0.6 is 0 Å². The van der Waals surface area contributed by atoms with Crippen LogP contribution in [0, 0.1) is 17.8 Å². The molecule has 0 amide bonds. The summed E-state index contributed by atoms with van der Waals surface area (Å²) in [4.78, 5) is 12.9. The Labute approximate surface area is 153 Å². The fourth-order valence-electron chi connectivity index (χ4n) is 3.43. The molecule has 1 aliphatic rings. The second-order valence-electron chi connectivity index (χ2n) is 7.11. The molecule has 4 nitrogen and oxygen atoms in total. The fraction of sp³-hybridized carbons (Fsp3) is 0.550. The van der Waals surface area contributed by atoms with Gasteiger partial charge < -0.3 is 9.47 Å². The van der Waals surface area contributed by atoms with Gasteiger partial charge in [0.15, 0.2) is 0 Å². The molecule has 0 saturated heterocycles. The summed E-state index contributed by atoms with van der Waals surface area (Å²) in [5, 5.41) is 0. The predicted octanol–water partition coefficient (Wildman–Crippen LogP) is 4.32. The van der Waals surface area contributed by atoms with Crippen LogP contribution in [-0.2, 0) is 20.3 Å². The van der Waals surface area contributed by atoms with Gasteiger partial charge in [-0.2, -0.15) is 0 Å². The molecule has 138 valence electrons. The van der Waals surface area contributed by atoms with E-state index in [1.165, 1.54) is 7.11 Å². The van der Waals surface area contributed by atoms with Gasteiger partial charge in [-0.3, -0.25) is 0 Å². The van der Waals surface area contributed by atoms with Crippen LogP contribution in [-0.4, -0.2) is 23.4 Å². The molecule has 0 aromatic heterocycles. The van der Waals surface area contributed by atoms with E-state index >= 15 is 0 Å². The van der Waals surface area contributed by atoms with Crippen molar-refractivity contribution in [3.8, 4) is 5.75 Å². The van der Waals surface area contributed by atoms with Crippen LogP contribution < -0.4 is 4.74 Å². The van der Waals surface area contributed by atoms with Gasteiger partial charge in [-0.05, 0) is 42.7 Å². The largest absolute Gasteiger partial charge is 0.495 e. The van der Waals surface area contributed by atoms with Crippen molar-refractivity contribution in [1.82, 2.24) is 0 Å². The number of esters is 1. The van der Waals surface area contributed by atoms with Crippen molar-refractivity contribution in [3.05, 3.63) is 35.7 Å². The quantitative estimate of drug-likeness (QED) is 0.557. The SMILES string of the molecule is C=C(C(=O)O[C@@H]1C[C@H](C)CC[C@H]1C(C)C)[S@](=O)c1ccccc1OC. The molecule has 0 spiro atoms. The van der Waals surface area contributed by atoms with Gasteiger partial charge in [-0.15, -0.1) is 0 Å². The highest BCUT2D eigenvalue weighted by atomic mass is 32.2. The monoisotopic (exact) mass is 364 g/mol. The minimum atomic E-state index is -1.70. The lowest BCUT2D eigenvalue weighted by atomic mass is 9.75. The topological polar surface area (TPSA) is 52.6 Å². The third-order valence-corrected chi connectivity index (χ3v) is 6.29. The van der Waals surface area contributed by atoms with Gasteiger partial charge in [-0.25, -0.2) is 9.00 Å². The summed E-state index contributed by atoms with van der Waals surface area (Å²) in [5.41, 5.74) is 0. The third-order valence-electron chi connectivity index (χ3n) is 4.94. The lowest BCUT2D eigenvalue weighted by Gasteiger charge is -2.36. The van der Waals surface area contributed by atoms with Crippen LogP contribution in [0.4, 0.5) is 0 Å². The standard InChI is InChI=1S/C20H28O4S/c1-13(2)16-11-10-14(3)12-18(16)24-20(21)15(4)25(22)19-9-7-6-8-17(19)23-5/h6-9,13-14,16,18H,4,10-12H2,1-3,5H3/t14-,16+,18-,25+/m1/s1. The van der Waals surface area contributed by atoms with Gasteiger partial charge in [0, 0.05) is 0 Å². The second kappa shape index (κ2) is 8.65. The maximum Gasteiger partial charge on any atom is 0.347 e. The summed E-state index contributed by atoms with van der Waals surface area (Å²) in [5.74, 6) is 1.21. The zero-order valence-electron chi connectivity index (χ0n) is 15.5. The van der Waals surface area contributed by atoms with Crippen molar-refractivity contribution in [1.29, 1.82) is 0 Å². The predicted molar refractivity (Wildman–Crippen MR) is 99.8 cm³/mol. The number of hydrogen-bond donors (Lipinski definition) is 0. The van der Waals surface area contributed by atoms with Gasteiger partial charge in [0.05, 0.1) is 22.8 Å². The Morgan fingerprint density at radius 1 is 1.28 bits per heavy atom. The van der Waals surface area contributed by atoms with E-state index < -0.39 is 16.8 Å². The van der Waals surface area contributed by atoms with Crippen LogP contribution in [0.15, 0.2) is 40.6 Å². The summed E-state index contributed by atoms with van der Waals surface area (Å²) in [7, 11) is -0.191. The van der Waals surface area contributed by atoms with E-state index in [-0.39, 0.29) is 11.0 Å². The summed E-state index contributed by atoms with van der Waals surface area (Å²) >= 11 is 0. The molecule has 0 aliphatic heterocycles. The van der Waals surface area contributed by atoms with Crippen molar-refractivity contribution < 1.29 is 18.5 Å². The first-order valence-corrected chi connectivity index (χ1v) is 9.94. The number of benzene rings is 1. The summed E-state index contributed by atoms with van der Waals surface area (Å²) in [6, 6.07) is 6.93. The van der Waals surface area contributed by atoms with E-state index in [1.54, 1.807) is 24.3 Å². The summed E-state index contributed by atoms with van der Waals surface area (Å²) < 4.78 is 23.7. The molecule has 1 fully saturated rings. The van der Waals surface area contributed by atoms with E-state index in [0.717, 1.165) is 19.3 Å². The molecule has 25 heavy (non-hydrogen) atoms. The van der Waals surface area contributed by atoms with Crippen molar-refractivity contribution in [2.75, 3.05) is 7.11 Å².